The molecule has 2 heterocycles. The number of rotatable bonds is 4. The van der Waals surface area contributed by atoms with Gasteiger partial charge in [-0.05, 0) is 11.8 Å². The first-order chi connectivity index (χ1) is 17.5. The number of benzene rings is 2. The Balaban J connectivity index is 0.000000168. The molecule has 0 N–H and O–H groups in total. The molecule has 0 bridgehead atoms. The average Bonchev–Trinajstić information content (AvgIpc) is 3.50. The summed E-state index contributed by atoms with van der Waals surface area (Å²) < 4.78 is 0. The summed E-state index contributed by atoms with van der Waals surface area (Å²) in [5.41, 5.74) is 7.50. The van der Waals surface area contributed by atoms with Gasteiger partial charge in [-0.3, -0.25) is 9.97 Å². The number of nitrogens with zero attached hydrogens (tertiary/aromatic N) is 2. The summed E-state index contributed by atoms with van der Waals surface area (Å²) >= 11 is 0. The molecule has 6 rings (SSSR count). The van der Waals surface area contributed by atoms with Gasteiger partial charge in [-0.15, -0.1) is 56.9 Å². The quantitative estimate of drug-likeness (QED) is 0.201. The molecule has 0 amide bonds. The molecule has 0 atom stereocenters. The molecule has 0 saturated heterocycles. The first-order valence-electron chi connectivity index (χ1n) is 12.7. The van der Waals surface area contributed by atoms with Crippen LogP contribution in [0.5, 0.6) is 0 Å². The van der Waals surface area contributed by atoms with E-state index in [2.05, 4.69) is 110 Å². The van der Waals surface area contributed by atoms with E-state index in [0.717, 1.165) is 11.4 Å². The van der Waals surface area contributed by atoms with Crippen molar-refractivity contribution in [2.45, 2.75) is 39.5 Å². The minimum atomic E-state index is 0. The van der Waals surface area contributed by atoms with Crippen LogP contribution < -0.4 is 0 Å². The second-order valence-electron chi connectivity index (χ2n) is 9.86. The van der Waals surface area contributed by atoms with Crippen molar-refractivity contribution in [2.75, 3.05) is 0 Å². The normalized spacial score (nSPS) is 11.0. The van der Waals surface area contributed by atoms with Crippen LogP contribution in [0.25, 0.3) is 44.1 Å². The number of pyridine rings is 2. The number of aromatic nitrogens is 2. The molecule has 3 heteroatoms. The van der Waals surface area contributed by atoms with E-state index in [1.54, 1.807) is 0 Å². The van der Waals surface area contributed by atoms with Gasteiger partial charge in [0.2, 0.25) is 0 Å². The Bertz CT molecular complexity index is 1450. The fraction of sp³-hybridized carbons (Fsp3) is 0.176. The van der Waals surface area contributed by atoms with Crippen LogP contribution in [-0.2, 0) is 26.2 Å². The predicted octanol–water partition coefficient (Wildman–Crippen LogP) is 9.49. The van der Waals surface area contributed by atoms with Crippen LogP contribution in [0.1, 0.15) is 50.7 Å². The van der Waals surface area contributed by atoms with Crippen LogP contribution in [0, 0.1) is 0 Å². The van der Waals surface area contributed by atoms with Gasteiger partial charge in [-0.1, -0.05) is 112 Å². The fourth-order valence-corrected chi connectivity index (χ4v) is 5.00. The van der Waals surface area contributed by atoms with Crippen LogP contribution in [-0.4, -0.2) is 9.97 Å². The van der Waals surface area contributed by atoms with E-state index in [-0.39, 0.29) is 26.2 Å². The van der Waals surface area contributed by atoms with Crippen molar-refractivity contribution in [3.05, 3.63) is 121 Å². The molecule has 0 unspecified atom stereocenters. The first-order valence-corrected chi connectivity index (χ1v) is 12.7. The topological polar surface area (TPSA) is 25.8 Å². The summed E-state index contributed by atoms with van der Waals surface area (Å²) in [5.74, 6) is 1.02. The minimum absolute atomic E-state index is 0. The van der Waals surface area contributed by atoms with E-state index in [1.165, 1.54) is 43.8 Å². The number of hydrogen-bond acceptors (Lipinski definition) is 2. The zero-order valence-electron chi connectivity index (χ0n) is 21.9. The van der Waals surface area contributed by atoms with Crippen molar-refractivity contribution in [1.29, 1.82) is 0 Å². The summed E-state index contributed by atoms with van der Waals surface area (Å²) in [6.07, 6.45) is 3.72. The maximum Gasteiger partial charge on any atom is 2.00 e. The molecule has 4 aromatic carbocycles. The third kappa shape index (κ3) is 5.58. The van der Waals surface area contributed by atoms with Crippen molar-refractivity contribution in [3.63, 3.8) is 0 Å². The van der Waals surface area contributed by atoms with Crippen molar-refractivity contribution in [2.24, 2.45) is 0 Å². The van der Waals surface area contributed by atoms with Crippen LogP contribution in [0.4, 0.5) is 0 Å². The van der Waals surface area contributed by atoms with Crippen molar-refractivity contribution >= 4 is 21.5 Å². The zero-order chi connectivity index (χ0) is 25.1. The van der Waals surface area contributed by atoms with Gasteiger partial charge in [0.1, 0.15) is 0 Å². The smallest absolute Gasteiger partial charge is 0.272 e. The molecule has 2 aromatic heterocycles. The Kier molecular flexibility index (Phi) is 8.67. The van der Waals surface area contributed by atoms with Crippen LogP contribution in [0.15, 0.2) is 109 Å². The Morgan fingerprint density at radius 2 is 0.892 bits per heavy atom. The molecular formula is C34H32N2Zr. The molecule has 2 nitrogen and oxygen atoms in total. The summed E-state index contributed by atoms with van der Waals surface area (Å²) in [7, 11) is 0. The van der Waals surface area contributed by atoms with E-state index in [1.807, 2.05) is 36.7 Å². The molecule has 6 aromatic rings. The molecule has 0 aliphatic heterocycles. The molecule has 0 aliphatic carbocycles. The molecule has 0 fully saturated rings. The largest absolute Gasteiger partial charge is 2.00 e. The van der Waals surface area contributed by atoms with Gasteiger partial charge in [0.25, 0.3) is 0 Å². The van der Waals surface area contributed by atoms with E-state index < -0.39 is 0 Å². The van der Waals surface area contributed by atoms with Crippen molar-refractivity contribution in [3.8, 4) is 22.5 Å². The third-order valence-corrected chi connectivity index (χ3v) is 6.75. The fourth-order valence-electron chi connectivity index (χ4n) is 5.00. The van der Waals surface area contributed by atoms with Gasteiger partial charge in [-0.25, -0.2) is 0 Å². The van der Waals surface area contributed by atoms with Gasteiger partial charge in [0, 0.05) is 23.8 Å². The molecule has 182 valence electrons. The zero-order valence-corrected chi connectivity index (χ0v) is 24.4. The van der Waals surface area contributed by atoms with E-state index in [0.29, 0.717) is 11.8 Å². The van der Waals surface area contributed by atoms with Crippen LogP contribution >= 0.6 is 0 Å². The molecule has 0 spiro atoms. The summed E-state index contributed by atoms with van der Waals surface area (Å²) in [4.78, 5) is 9.03. The number of fused-ring (bicyclic) bond motifs is 2. The summed E-state index contributed by atoms with van der Waals surface area (Å²) in [6, 6.07) is 33.9. The standard InChI is InChI=1S/2C17H16N.Zr/c2*1-12(2)15-11-13-7-3-4-8-14(13)17(15)16-9-5-6-10-18-16;/h2*3-12H,1-2H3;/q2*-1;+2. The van der Waals surface area contributed by atoms with Crippen LogP contribution in [0.2, 0.25) is 0 Å². The van der Waals surface area contributed by atoms with E-state index >= 15 is 0 Å². The maximum absolute atomic E-state index is 4.51. The molecular weight excluding hydrogens is 528 g/mol. The van der Waals surface area contributed by atoms with E-state index in [4.69, 9.17) is 0 Å². The second-order valence-corrected chi connectivity index (χ2v) is 9.86. The molecule has 0 saturated carbocycles. The minimum Gasteiger partial charge on any atom is -0.272 e. The Morgan fingerprint density at radius 1 is 0.514 bits per heavy atom. The average molecular weight is 560 g/mol. The van der Waals surface area contributed by atoms with Gasteiger partial charge < -0.3 is 0 Å². The molecule has 37 heavy (non-hydrogen) atoms. The second kappa shape index (κ2) is 11.9. The Hall–Kier alpha value is -3.16. The third-order valence-electron chi connectivity index (χ3n) is 6.75. The van der Waals surface area contributed by atoms with Gasteiger partial charge in [0.15, 0.2) is 0 Å². The molecule has 0 aliphatic rings. The maximum atomic E-state index is 4.51. The first kappa shape index (κ1) is 26.9. The Morgan fingerprint density at radius 3 is 1.24 bits per heavy atom. The Labute approximate surface area is 239 Å². The van der Waals surface area contributed by atoms with Gasteiger partial charge in [-0.2, -0.15) is 0 Å². The molecule has 0 radical (unpaired) electrons. The summed E-state index contributed by atoms with van der Waals surface area (Å²) in [6.45, 7) is 8.95. The van der Waals surface area contributed by atoms with Gasteiger partial charge >= 0.3 is 26.2 Å². The van der Waals surface area contributed by atoms with Crippen molar-refractivity contribution in [1.82, 2.24) is 9.97 Å². The SMILES string of the molecule is CC(C)c1cc2ccccc2[c-]1-c1ccccn1.CC(C)c1cc2ccccc2[c-]1-c1ccccn1.[Zr+2]. The number of hydrogen-bond donors (Lipinski definition) is 0. The van der Waals surface area contributed by atoms with Crippen molar-refractivity contribution < 1.29 is 26.2 Å². The van der Waals surface area contributed by atoms with Crippen LogP contribution in [0.3, 0.4) is 0 Å². The van der Waals surface area contributed by atoms with Gasteiger partial charge in [0.05, 0.1) is 0 Å². The predicted molar refractivity (Wildman–Crippen MR) is 154 cm³/mol. The summed E-state index contributed by atoms with van der Waals surface area (Å²) in [5, 5.41) is 5.23. The monoisotopic (exact) mass is 558 g/mol. The van der Waals surface area contributed by atoms with E-state index in [9.17, 15) is 0 Å².